The van der Waals surface area contributed by atoms with Gasteiger partial charge in [-0.05, 0) is 83.6 Å². The predicted molar refractivity (Wildman–Crippen MR) is 138 cm³/mol. The van der Waals surface area contributed by atoms with Gasteiger partial charge in [0.05, 0.1) is 31.5 Å². The van der Waals surface area contributed by atoms with Gasteiger partial charge in [0, 0.05) is 12.1 Å². The van der Waals surface area contributed by atoms with Crippen LogP contribution in [0.1, 0.15) is 39.2 Å². The average Bonchev–Trinajstić information content (AvgIpc) is 2.96. The van der Waals surface area contributed by atoms with Crippen LogP contribution < -0.4 is 0 Å². The predicted octanol–water partition coefficient (Wildman–Crippen LogP) is 7.21. The van der Waals surface area contributed by atoms with Gasteiger partial charge >= 0.3 is 0 Å². The fourth-order valence-corrected chi connectivity index (χ4v) is 7.38. The van der Waals surface area contributed by atoms with Crippen molar-refractivity contribution in [3.8, 4) is 6.07 Å². The topological polar surface area (TPSA) is 45.5 Å². The summed E-state index contributed by atoms with van der Waals surface area (Å²) in [5.41, 5.74) is 1.19. The second-order valence-corrected chi connectivity index (χ2v) is 11.1. The molecule has 5 rings (SSSR count). The minimum atomic E-state index is -0.910. The van der Waals surface area contributed by atoms with Crippen molar-refractivity contribution in [2.45, 2.75) is 58.4 Å². The molecule has 1 aliphatic heterocycles. The summed E-state index contributed by atoms with van der Waals surface area (Å²) in [6.07, 6.45) is 2.53. The Kier molecular flexibility index (Phi) is 6.50. The minimum Gasteiger partial charge on any atom is -0.374 e. The number of nitriles is 1. The van der Waals surface area contributed by atoms with Crippen molar-refractivity contribution < 1.29 is 9.26 Å². The molecule has 3 atom stereocenters. The first-order chi connectivity index (χ1) is 16.0. The van der Waals surface area contributed by atoms with Gasteiger partial charge in [0.15, 0.2) is 0 Å². The van der Waals surface area contributed by atoms with E-state index in [2.05, 4.69) is 86.1 Å². The molecule has 0 spiro atoms. The zero-order valence-electron chi connectivity index (χ0n) is 19.6. The Morgan fingerprint density at radius 2 is 1.67 bits per heavy atom. The van der Waals surface area contributed by atoms with Gasteiger partial charge < -0.3 is 9.26 Å². The Morgan fingerprint density at radius 1 is 1.03 bits per heavy atom. The van der Waals surface area contributed by atoms with Crippen LogP contribution >= 0.6 is 8.30 Å². The first kappa shape index (κ1) is 22.5. The zero-order valence-corrected chi connectivity index (χ0v) is 20.5. The molecule has 4 nitrogen and oxygen atoms in total. The van der Waals surface area contributed by atoms with Gasteiger partial charge in [0.25, 0.3) is 0 Å². The molecule has 0 saturated carbocycles. The molecular formula is C28H31N2O2P. The molecule has 5 heteroatoms. The molecule has 1 saturated heterocycles. The van der Waals surface area contributed by atoms with Crippen LogP contribution in [0.2, 0.25) is 0 Å². The highest BCUT2D eigenvalue weighted by atomic mass is 31.2. The molecule has 0 radical (unpaired) electrons. The lowest BCUT2D eigenvalue weighted by atomic mass is 9.93. The van der Waals surface area contributed by atoms with Crippen LogP contribution in [0.4, 0.5) is 0 Å². The molecule has 0 N–H and O–H groups in total. The fraction of sp³-hybridized carbons (Fsp3) is 0.393. The zero-order chi connectivity index (χ0) is 22.9. The number of benzene rings is 4. The van der Waals surface area contributed by atoms with Gasteiger partial charge in [0.2, 0.25) is 0 Å². The van der Waals surface area contributed by atoms with Gasteiger partial charge in [-0.25, -0.2) is 0 Å². The average molecular weight is 459 g/mol. The lowest BCUT2D eigenvalue weighted by Crippen LogP contribution is -2.34. The standard InChI is InChI=1S/C28H31N2O2P/c1-19(2)30-20(3)7-12-26(32-33(30)14-13-29)18-31-17-21-15-24-10-8-22-5-4-6-23-9-11-25(16-21)28(24)27(22)23/h4-6,8-11,15-16,19-20,26H,7,12,14,17-18H2,1-3H3/t20?,26-,33?/m1/s1. The van der Waals surface area contributed by atoms with Gasteiger partial charge in [-0.2, -0.15) is 5.26 Å². The van der Waals surface area contributed by atoms with Crippen molar-refractivity contribution in [1.29, 1.82) is 5.26 Å². The van der Waals surface area contributed by atoms with E-state index in [4.69, 9.17) is 9.26 Å². The third kappa shape index (κ3) is 4.44. The Hall–Kier alpha value is -2.28. The van der Waals surface area contributed by atoms with Gasteiger partial charge in [0.1, 0.15) is 8.30 Å². The second-order valence-electron chi connectivity index (χ2n) is 9.44. The molecule has 0 aliphatic carbocycles. The van der Waals surface area contributed by atoms with Crippen molar-refractivity contribution >= 4 is 40.6 Å². The summed E-state index contributed by atoms with van der Waals surface area (Å²) in [5.74, 6) is 0. The molecule has 2 unspecified atom stereocenters. The van der Waals surface area contributed by atoms with E-state index in [1.54, 1.807) is 0 Å². The smallest absolute Gasteiger partial charge is 0.119 e. The normalized spacial score (nSPS) is 22.3. The molecule has 4 aromatic carbocycles. The summed E-state index contributed by atoms with van der Waals surface area (Å²) in [6.45, 7) is 7.76. The first-order valence-corrected chi connectivity index (χ1v) is 13.3. The number of nitrogens with zero attached hydrogens (tertiary/aromatic N) is 2. The fourth-order valence-electron chi connectivity index (χ4n) is 5.33. The Morgan fingerprint density at radius 3 is 2.30 bits per heavy atom. The van der Waals surface area contributed by atoms with Crippen LogP contribution in [0, 0.1) is 11.3 Å². The lowest BCUT2D eigenvalue weighted by molar-refractivity contribution is 0.0432. The van der Waals surface area contributed by atoms with Crippen LogP contribution in [0.3, 0.4) is 0 Å². The monoisotopic (exact) mass is 458 g/mol. The molecule has 0 bridgehead atoms. The largest absolute Gasteiger partial charge is 0.374 e. The maximum Gasteiger partial charge on any atom is 0.119 e. The number of rotatable bonds is 6. The highest BCUT2D eigenvalue weighted by Gasteiger charge is 2.33. The molecule has 0 amide bonds. The molecular weight excluding hydrogens is 427 g/mol. The van der Waals surface area contributed by atoms with Crippen molar-refractivity contribution in [2.24, 2.45) is 0 Å². The number of hydrogen-bond donors (Lipinski definition) is 0. The summed E-state index contributed by atoms with van der Waals surface area (Å²) in [6, 6.07) is 23.0. The summed E-state index contributed by atoms with van der Waals surface area (Å²) < 4.78 is 15.0. The van der Waals surface area contributed by atoms with Crippen molar-refractivity contribution in [3.63, 3.8) is 0 Å². The lowest BCUT2D eigenvalue weighted by Gasteiger charge is -2.35. The first-order valence-electron chi connectivity index (χ1n) is 11.9. The van der Waals surface area contributed by atoms with Gasteiger partial charge in [-0.1, -0.05) is 42.5 Å². The summed E-state index contributed by atoms with van der Waals surface area (Å²) in [5, 5.41) is 17.1. The van der Waals surface area contributed by atoms with Crippen LogP contribution in [-0.2, 0) is 15.9 Å². The third-order valence-electron chi connectivity index (χ3n) is 6.72. The minimum absolute atomic E-state index is 0.0425. The van der Waals surface area contributed by atoms with Crippen molar-refractivity contribution in [1.82, 2.24) is 4.67 Å². The van der Waals surface area contributed by atoms with Crippen LogP contribution in [0.5, 0.6) is 0 Å². The molecule has 1 heterocycles. The van der Waals surface area contributed by atoms with E-state index in [-0.39, 0.29) is 6.10 Å². The van der Waals surface area contributed by atoms with E-state index in [0.29, 0.717) is 31.5 Å². The van der Waals surface area contributed by atoms with Crippen LogP contribution in [0.25, 0.3) is 32.3 Å². The molecule has 0 aromatic heterocycles. The summed E-state index contributed by atoms with van der Waals surface area (Å²) in [7, 11) is -0.910. The molecule has 1 fully saturated rings. The highest BCUT2D eigenvalue weighted by molar-refractivity contribution is 7.50. The Balaban J connectivity index is 1.31. The van der Waals surface area contributed by atoms with Crippen LogP contribution in [-0.4, -0.2) is 35.6 Å². The molecule has 4 aromatic rings. The maximum atomic E-state index is 9.34. The van der Waals surface area contributed by atoms with Gasteiger partial charge in [-0.3, -0.25) is 4.67 Å². The van der Waals surface area contributed by atoms with E-state index < -0.39 is 8.30 Å². The molecule has 170 valence electrons. The quantitative estimate of drug-likeness (QED) is 0.226. The SMILES string of the molecule is CC(C)N1C(C)CC[C@H](COCc2cc3ccc4cccc5ccc(c2)c3c45)OP1CC#N. The van der Waals surface area contributed by atoms with Crippen LogP contribution in [0.15, 0.2) is 54.6 Å². The van der Waals surface area contributed by atoms with Crippen molar-refractivity contribution in [2.75, 3.05) is 12.8 Å². The third-order valence-corrected chi connectivity index (χ3v) is 9.04. The maximum absolute atomic E-state index is 9.34. The number of ether oxygens (including phenoxy) is 1. The van der Waals surface area contributed by atoms with E-state index in [1.807, 2.05) is 0 Å². The van der Waals surface area contributed by atoms with E-state index >= 15 is 0 Å². The number of hydrogen-bond acceptors (Lipinski definition) is 4. The van der Waals surface area contributed by atoms with E-state index in [1.165, 1.54) is 37.9 Å². The highest BCUT2D eigenvalue weighted by Crippen LogP contribution is 2.48. The molecule has 1 aliphatic rings. The molecule has 33 heavy (non-hydrogen) atoms. The van der Waals surface area contributed by atoms with E-state index in [9.17, 15) is 5.26 Å². The second kappa shape index (κ2) is 9.53. The Bertz CT molecular complexity index is 1230. The Labute approximate surface area is 197 Å². The summed E-state index contributed by atoms with van der Waals surface area (Å²) in [4.78, 5) is 0. The summed E-state index contributed by atoms with van der Waals surface area (Å²) >= 11 is 0. The van der Waals surface area contributed by atoms with E-state index in [0.717, 1.165) is 12.8 Å². The van der Waals surface area contributed by atoms with Gasteiger partial charge in [-0.15, -0.1) is 0 Å². The van der Waals surface area contributed by atoms with Crippen molar-refractivity contribution in [3.05, 3.63) is 60.2 Å².